The Kier molecular flexibility index (Phi) is 3.59. The van der Waals surface area contributed by atoms with Gasteiger partial charge in [0.05, 0.1) is 24.4 Å². The van der Waals surface area contributed by atoms with Crippen molar-refractivity contribution in [3.63, 3.8) is 0 Å². The molecule has 0 amide bonds. The quantitative estimate of drug-likeness (QED) is 0.896. The zero-order valence-electron chi connectivity index (χ0n) is 11.8. The molecule has 0 atom stereocenters. The van der Waals surface area contributed by atoms with Crippen molar-refractivity contribution in [1.29, 1.82) is 5.26 Å². The Morgan fingerprint density at radius 2 is 2.19 bits per heavy atom. The van der Waals surface area contributed by atoms with Crippen molar-refractivity contribution in [1.82, 2.24) is 9.97 Å². The number of rotatable bonds is 2. The number of nitriles is 1. The zero-order chi connectivity index (χ0) is 14.8. The highest BCUT2D eigenvalue weighted by molar-refractivity contribution is 5.91. The van der Waals surface area contributed by atoms with Crippen molar-refractivity contribution in [2.75, 3.05) is 31.2 Å². The van der Waals surface area contributed by atoms with Crippen LogP contribution in [0.3, 0.4) is 0 Å². The molecule has 2 aromatic heterocycles. The maximum atomic E-state index is 12.1. The van der Waals surface area contributed by atoms with Crippen molar-refractivity contribution in [3.8, 4) is 6.07 Å². The van der Waals surface area contributed by atoms with Gasteiger partial charge < -0.3 is 14.6 Å². The Hall–Kier alpha value is -2.39. The first-order valence-electron chi connectivity index (χ1n) is 7.03. The van der Waals surface area contributed by atoms with Crippen LogP contribution in [-0.2, 0) is 11.2 Å². The van der Waals surface area contributed by atoms with E-state index >= 15 is 0 Å². The highest BCUT2D eigenvalue weighted by Crippen LogP contribution is 2.27. The third-order valence-electron chi connectivity index (χ3n) is 3.69. The number of aromatic amines is 1. The lowest BCUT2D eigenvalue weighted by Crippen LogP contribution is -2.38. The van der Waals surface area contributed by atoms with Crippen LogP contribution in [0.25, 0.3) is 11.0 Å². The van der Waals surface area contributed by atoms with Gasteiger partial charge in [-0.05, 0) is 18.6 Å². The number of nitrogens with one attached hydrogen (secondary N) is 1. The first-order chi connectivity index (χ1) is 10.2. The fraction of sp³-hybridized carbons (Fsp3) is 0.400. The van der Waals surface area contributed by atoms with Gasteiger partial charge in [-0.2, -0.15) is 5.26 Å². The first kappa shape index (κ1) is 13.6. The van der Waals surface area contributed by atoms with Gasteiger partial charge in [-0.3, -0.25) is 4.79 Å². The van der Waals surface area contributed by atoms with Crippen molar-refractivity contribution < 1.29 is 4.74 Å². The van der Waals surface area contributed by atoms with Gasteiger partial charge in [-0.1, -0.05) is 6.92 Å². The fourth-order valence-electron chi connectivity index (χ4n) is 2.59. The molecule has 1 saturated heterocycles. The lowest BCUT2D eigenvalue weighted by atomic mass is 10.1. The number of hydrogen-bond donors (Lipinski definition) is 1. The number of fused-ring (bicyclic) bond motifs is 1. The first-order valence-corrected chi connectivity index (χ1v) is 7.03. The van der Waals surface area contributed by atoms with Crippen LogP contribution in [0.2, 0.25) is 0 Å². The number of hydrogen-bond acceptors (Lipinski definition) is 5. The lowest BCUT2D eigenvalue weighted by molar-refractivity contribution is 0.123. The summed E-state index contributed by atoms with van der Waals surface area (Å²) in [6.45, 7) is 4.52. The monoisotopic (exact) mass is 284 g/mol. The van der Waals surface area contributed by atoms with E-state index in [1.54, 1.807) is 0 Å². The molecule has 0 aromatic carbocycles. The van der Waals surface area contributed by atoms with Crippen LogP contribution in [0.4, 0.5) is 5.69 Å². The van der Waals surface area contributed by atoms with Crippen LogP contribution in [0.1, 0.15) is 18.2 Å². The number of nitrogens with zero attached hydrogens (tertiary/aromatic N) is 3. The van der Waals surface area contributed by atoms with E-state index in [2.05, 4.69) is 9.97 Å². The Labute approximate surface area is 122 Å². The molecule has 0 saturated carbocycles. The average molecular weight is 284 g/mol. The van der Waals surface area contributed by atoms with Crippen LogP contribution in [0.15, 0.2) is 16.9 Å². The zero-order valence-corrected chi connectivity index (χ0v) is 11.8. The summed E-state index contributed by atoms with van der Waals surface area (Å²) >= 11 is 0. The summed E-state index contributed by atoms with van der Waals surface area (Å²) in [6, 6.07) is 5.78. The van der Waals surface area contributed by atoms with Gasteiger partial charge in [0, 0.05) is 18.8 Å². The number of H-pyrrole nitrogens is 1. The maximum absolute atomic E-state index is 12.1. The molecule has 0 radical (unpaired) electrons. The average Bonchev–Trinajstić information content (AvgIpc) is 2.54. The molecule has 1 aliphatic rings. The van der Waals surface area contributed by atoms with Crippen molar-refractivity contribution in [2.45, 2.75) is 13.3 Å². The predicted octanol–water partition coefficient (Wildman–Crippen LogP) is 1.19. The van der Waals surface area contributed by atoms with Gasteiger partial charge >= 0.3 is 0 Å². The molecule has 1 fully saturated rings. The van der Waals surface area contributed by atoms with E-state index in [9.17, 15) is 10.1 Å². The molecule has 1 N–H and O–H groups in total. The number of aromatic nitrogens is 2. The van der Waals surface area contributed by atoms with Crippen LogP contribution < -0.4 is 10.5 Å². The summed E-state index contributed by atoms with van der Waals surface area (Å²) in [4.78, 5) is 21.5. The molecule has 0 spiro atoms. The summed E-state index contributed by atoms with van der Waals surface area (Å²) in [7, 11) is 0. The molecule has 0 aliphatic carbocycles. The maximum Gasteiger partial charge on any atom is 0.268 e. The molecule has 0 unspecified atom stereocenters. The summed E-state index contributed by atoms with van der Waals surface area (Å²) in [5.74, 6) is 0. The van der Waals surface area contributed by atoms with Gasteiger partial charge in [-0.15, -0.1) is 0 Å². The van der Waals surface area contributed by atoms with Crippen molar-refractivity contribution in [3.05, 3.63) is 33.7 Å². The van der Waals surface area contributed by atoms with E-state index in [0.717, 1.165) is 12.1 Å². The van der Waals surface area contributed by atoms with Crippen LogP contribution in [-0.4, -0.2) is 36.3 Å². The van der Waals surface area contributed by atoms with Gasteiger partial charge in [0.2, 0.25) is 0 Å². The molecule has 1 aliphatic heterocycles. The molecular weight excluding hydrogens is 268 g/mol. The molecule has 2 aromatic rings. The van der Waals surface area contributed by atoms with Crippen LogP contribution in [0.5, 0.6) is 0 Å². The minimum Gasteiger partial charge on any atom is -0.378 e. The molecule has 3 rings (SSSR count). The van der Waals surface area contributed by atoms with Crippen LogP contribution in [0, 0.1) is 11.3 Å². The Morgan fingerprint density at radius 3 is 2.86 bits per heavy atom. The summed E-state index contributed by atoms with van der Waals surface area (Å²) in [5.41, 5.74) is 2.69. The van der Waals surface area contributed by atoms with Gasteiger partial charge in [0.1, 0.15) is 17.1 Å². The predicted molar refractivity (Wildman–Crippen MR) is 79.5 cm³/mol. The number of pyridine rings is 2. The molecule has 21 heavy (non-hydrogen) atoms. The van der Waals surface area contributed by atoms with Crippen molar-refractivity contribution in [2.24, 2.45) is 0 Å². The molecule has 0 bridgehead atoms. The van der Waals surface area contributed by atoms with E-state index < -0.39 is 0 Å². The van der Waals surface area contributed by atoms with Crippen LogP contribution >= 0.6 is 0 Å². The Bertz CT molecular complexity index is 770. The Balaban J connectivity index is 2.30. The fourth-order valence-corrected chi connectivity index (χ4v) is 2.59. The van der Waals surface area contributed by atoms with Gasteiger partial charge in [-0.25, -0.2) is 4.98 Å². The number of anilines is 1. The smallest absolute Gasteiger partial charge is 0.268 e. The third kappa shape index (κ3) is 2.36. The summed E-state index contributed by atoms with van der Waals surface area (Å²) < 4.78 is 5.35. The van der Waals surface area contributed by atoms with Gasteiger partial charge in [0.15, 0.2) is 0 Å². The van der Waals surface area contributed by atoms with E-state index in [0.29, 0.717) is 43.0 Å². The lowest BCUT2D eigenvalue weighted by Gasteiger charge is -2.29. The summed E-state index contributed by atoms with van der Waals surface area (Å²) in [6.07, 6.45) is 0.805. The second-order valence-corrected chi connectivity index (χ2v) is 4.94. The molecule has 108 valence electrons. The minimum absolute atomic E-state index is 0.130. The molecule has 6 nitrogen and oxygen atoms in total. The third-order valence-corrected chi connectivity index (χ3v) is 3.69. The SMILES string of the molecule is CCc1ccc2[nH]c(=O)c(C#N)c(N3CCOCC3)c2n1. The van der Waals surface area contributed by atoms with E-state index in [4.69, 9.17) is 4.74 Å². The minimum atomic E-state index is -0.363. The molecule has 6 heteroatoms. The number of ether oxygens (including phenoxy) is 1. The molecular formula is C15H16N4O2. The highest BCUT2D eigenvalue weighted by atomic mass is 16.5. The highest BCUT2D eigenvalue weighted by Gasteiger charge is 2.21. The van der Waals surface area contributed by atoms with Gasteiger partial charge in [0.25, 0.3) is 5.56 Å². The topological polar surface area (TPSA) is 82.0 Å². The van der Waals surface area contributed by atoms with E-state index in [1.165, 1.54) is 0 Å². The second-order valence-electron chi connectivity index (χ2n) is 4.94. The van der Waals surface area contributed by atoms with E-state index in [1.807, 2.05) is 30.0 Å². The van der Waals surface area contributed by atoms with Crippen molar-refractivity contribution >= 4 is 16.7 Å². The second kappa shape index (κ2) is 5.54. The molecule has 3 heterocycles. The number of morpholine rings is 1. The Morgan fingerprint density at radius 1 is 1.43 bits per heavy atom. The normalized spacial score (nSPS) is 15.1. The standard InChI is InChI=1S/C15H16N4O2/c1-2-10-3-4-12-13(17-10)14(11(9-16)15(20)18-12)19-5-7-21-8-6-19/h3-4H,2,5-8H2,1H3,(H,18,20). The van der Waals surface area contributed by atoms with E-state index in [-0.39, 0.29) is 11.1 Å². The summed E-state index contributed by atoms with van der Waals surface area (Å²) in [5, 5.41) is 9.36. The largest absolute Gasteiger partial charge is 0.378 e. The number of aryl methyl sites for hydroxylation is 1.